The van der Waals surface area contributed by atoms with Gasteiger partial charge in [-0.25, -0.2) is 19.9 Å². The average Bonchev–Trinajstić information content (AvgIpc) is 3.48. The molecule has 1 aliphatic rings. The van der Waals surface area contributed by atoms with Gasteiger partial charge in [0.2, 0.25) is 5.95 Å². The van der Waals surface area contributed by atoms with Gasteiger partial charge < -0.3 is 31.0 Å². The van der Waals surface area contributed by atoms with Gasteiger partial charge in [-0.1, -0.05) is 18.2 Å². The molecule has 34 heavy (non-hydrogen) atoms. The maximum Gasteiger partial charge on any atom is 0.221 e. The van der Waals surface area contributed by atoms with Crippen LogP contribution in [0.25, 0.3) is 33.1 Å². The van der Waals surface area contributed by atoms with Gasteiger partial charge >= 0.3 is 0 Å². The summed E-state index contributed by atoms with van der Waals surface area (Å²) in [5.41, 5.74) is 14.2. The third kappa shape index (κ3) is 3.13. The summed E-state index contributed by atoms with van der Waals surface area (Å²) < 4.78 is 9.53. The molecule has 13 nitrogen and oxygen atoms in total. The van der Waals surface area contributed by atoms with Gasteiger partial charge in [-0.05, 0) is 6.07 Å². The molecule has 6 rings (SSSR count). The molecule has 0 saturated carbocycles. The minimum Gasteiger partial charge on any atom is -0.387 e. The number of fused-ring (bicyclic) bond motifs is 4. The van der Waals surface area contributed by atoms with Crippen molar-refractivity contribution in [3.8, 4) is 0 Å². The molecule has 4 unspecified atom stereocenters. The number of hydrogen-bond donors (Lipinski definition) is 5. The van der Waals surface area contributed by atoms with E-state index in [2.05, 4.69) is 30.2 Å². The SMILES string of the molecule is Nc1ncc2c3ccccc3n(CNCC3OC(n4cnc5c(N)ncnc54)C(O)C3O)c2n1. The molecule has 4 atom stereocenters. The van der Waals surface area contributed by atoms with E-state index in [1.165, 1.54) is 12.7 Å². The first kappa shape index (κ1) is 20.7. The second-order valence-electron chi connectivity index (χ2n) is 8.15. The summed E-state index contributed by atoms with van der Waals surface area (Å²) in [4.78, 5) is 20.8. The number of aromatic nitrogens is 7. The number of benzene rings is 1. The summed E-state index contributed by atoms with van der Waals surface area (Å²) in [5.74, 6) is 0.416. The Labute approximate surface area is 192 Å². The van der Waals surface area contributed by atoms with Crippen molar-refractivity contribution in [1.29, 1.82) is 0 Å². The topological polar surface area (TPSA) is 188 Å². The first-order valence-corrected chi connectivity index (χ1v) is 10.7. The molecule has 1 aliphatic heterocycles. The van der Waals surface area contributed by atoms with Crippen molar-refractivity contribution in [2.75, 3.05) is 18.0 Å². The van der Waals surface area contributed by atoms with E-state index in [-0.39, 0.29) is 18.3 Å². The number of ether oxygens (including phenoxy) is 1. The number of rotatable bonds is 5. The average molecular weight is 462 g/mol. The van der Waals surface area contributed by atoms with Crippen LogP contribution in [0.15, 0.2) is 43.1 Å². The zero-order valence-electron chi connectivity index (χ0n) is 17.9. The molecule has 5 aromatic rings. The number of aliphatic hydroxyl groups excluding tert-OH is 2. The minimum absolute atomic E-state index is 0.189. The molecular formula is C21H22N10O3. The van der Waals surface area contributed by atoms with Crippen LogP contribution in [-0.4, -0.2) is 69.1 Å². The van der Waals surface area contributed by atoms with Crippen LogP contribution in [0.4, 0.5) is 11.8 Å². The fraction of sp³-hybridized carbons (Fsp3) is 0.286. The Morgan fingerprint density at radius 3 is 2.74 bits per heavy atom. The molecule has 0 aliphatic carbocycles. The van der Waals surface area contributed by atoms with Crippen LogP contribution in [0.5, 0.6) is 0 Å². The summed E-state index contributed by atoms with van der Waals surface area (Å²) in [7, 11) is 0. The van der Waals surface area contributed by atoms with E-state index in [4.69, 9.17) is 16.2 Å². The van der Waals surface area contributed by atoms with E-state index in [0.717, 1.165) is 16.3 Å². The summed E-state index contributed by atoms with van der Waals surface area (Å²) in [6.45, 7) is 0.651. The predicted molar refractivity (Wildman–Crippen MR) is 123 cm³/mol. The lowest BCUT2D eigenvalue weighted by atomic mass is 10.1. The van der Waals surface area contributed by atoms with E-state index < -0.39 is 24.5 Å². The van der Waals surface area contributed by atoms with Gasteiger partial charge in [-0.15, -0.1) is 0 Å². The van der Waals surface area contributed by atoms with Gasteiger partial charge in [0, 0.05) is 23.5 Å². The Bertz CT molecular complexity index is 1520. The lowest BCUT2D eigenvalue weighted by Crippen LogP contribution is -2.38. The molecule has 5 heterocycles. The highest BCUT2D eigenvalue weighted by atomic mass is 16.6. The number of nitrogens with zero attached hydrogens (tertiary/aromatic N) is 7. The maximum atomic E-state index is 10.7. The van der Waals surface area contributed by atoms with E-state index >= 15 is 0 Å². The lowest BCUT2D eigenvalue weighted by molar-refractivity contribution is -0.0345. The number of aliphatic hydroxyl groups is 2. The van der Waals surface area contributed by atoms with Gasteiger partial charge in [0.25, 0.3) is 0 Å². The Kier molecular flexibility index (Phi) is 4.77. The van der Waals surface area contributed by atoms with Crippen molar-refractivity contribution in [2.45, 2.75) is 31.2 Å². The number of nitrogens with two attached hydrogens (primary N) is 2. The molecule has 174 valence electrons. The van der Waals surface area contributed by atoms with Gasteiger partial charge in [-0.2, -0.15) is 4.98 Å². The first-order chi connectivity index (χ1) is 16.5. The molecule has 0 radical (unpaired) electrons. The lowest BCUT2D eigenvalue weighted by Gasteiger charge is -2.17. The fourth-order valence-electron chi connectivity index (χ4n) is 4.50. The molecule has 0 amide bonds. The number of nitrogens with one attached hydrogen (secondary N) is 1. The van der Waals surface area contributed by atoms with Crippen LogP contribution in [-0.2, 0) is 11.4 Å². The molecule has 1 fully saturated rings. The van der Waals surface area contributed by atoms with E-state index in [1.807, 2.05) is 28.8 Å². The number of hydrogen-bond acceptors (Lipinski definition) is 11. The standard InChI is InChI=1S/C21H22N10O3/c22-17-14-19(27-7-26-17)31(9-28-14)20-16(33)15(32)13(34-20)6-24-8-30-12-4-2-1-3-10(12)11-5-25-21(23)29-18(11)30/h1-5,7,9,13,15-16,20,24,32-33H,6,8H2,(H2,22,26,27)(H2,23,25,29). The molecule has 0 spiro atoms. The summed E-state index contributed by atoms with van der Waals surface area (Å²) >= 11 is 0. The Morgan fingerprint density at radius 2 is 1.85 bits per heavy atom. The summed E-state index contributed by atoms with van der Waals surface area (Å²) in [6, 6.07) is 7.90. The Morgan fingerprint density at radius 1 is 1.00 bits per heavy atom. The van der Waals surface area contributed by atoms with Gasteiger partial charge in [0.1, 0.15) is 35.8 Å². The highest BCUT2D eigenvalue weighted by Crippen LogP contribution is 2.32. The van der Waals surface area contributed by atoms with Crippen LogP contribution < -0.4 is 16.8 Å². The molecule has 13 heteroatoms. The summed E-state index contributed by atoms with van der Waals surface area (Å²) in [6.07, 6.45) is 0.647. The Balaban J connectivity index is 1.22. The molecule has 1 saturated heterocycles. The zero-order valence-corrected chi connectivity index (χ0v) is 17.9. The quantitative estimate of drug-likeness (QED) is 0.232. The van der Waals surface area contributed by atoms with Gasteiger partial charge in [0.05, 0.1) is 18.5 Å². The predicted octanol–water partition coefficient (Wildman–Crippen LogP) is -0.245. The van der Waals surface area contributed by atoms with E-state index in [1.54, 1.807) is 10.8 Å². The van der Waals surface area contributed by atoms with Gasteiger partial charge in [-0.3, -0.25) is 9.88 Å². The van der Waals surface area contributed by atoms with Crippen LogP contribution in [0.1, 0.15) is 6.23 Å². The van der Waals surface area contributed by atoms with Crippen molar-refractivity contribution in [3.05, 3.63) is 43.1 Å². The van der Waals surface area contributed by atoms with Crippen LogP contribution in [0.2, 0.25) is 0 Å². The van der Waals surface area contributed by atoms with E-state index in [0.29, 0.717) is 23.5 Å². The van der Waals surface area contributed by atoms with Crippen molar-refractivity contribution in [3.63, 3.8) is 0 Å². The number of anilines is 2. The molecule has 7 N–H and O–H groups in total. The van der Waals surface area contributed by atoms with E-state index in [9.17, 15) is 10.2 Å². The second-order valence-corrected chi connectivity index (χ2v) is 8.15. The third-order valence-electron chi connectivity index (χ3n) is 6.14. The Hall–Kier alpha value is -3.91. The normalized spacial score (nSPS) is 22.9. The molecule has 0 bridgehead atoms. The smallest absolute Gasteiger partial charge is 0.221 e. The highest BCUT2D eigenvalue weighted by molar-refractivity contribution is 6.06. The maximum absolute atomic E-state index is 10.7. The largest absolute Gasteiger partial charge is 0.387 e. The van der Waals surface area contributed by atoms with Gasteiger partial charge in [0.15, 0.2) is 17.7 Å². The van der Waals surface area contributed by atoms with Crippen molar-refractivity contribution < 1.29 is 14.9 Å². The molecular weight excluding hydrogens is 440 g/mol. The second kappa shape index (κ2) is 7.85. The number of nitrogen functional groups attached to an aromatic ring is 2. The third-order valence-corrected chi connectivity index (χ3v) is 6.14. The monoisotopic (exact) mass is 462 g/mol. The highest BCUT2D eigenvalue weighted by Gasteiger charge is 2.44. The van der Waals surface area contributed by atoms with Crippen molar-refractivity contribution >= 4 is 44.9 Å². The number of imidazole rings is 1. The molecule has 4 aromatic heterocycles. The van der Waals surface area contributed by atoms with Crippen molar-refractivity contribution in [1.82, 2.24) is 39.4 Å². The fourth-order valence-corrected chi connectivity index (χ4v) is 4.50. The first-order valence-electron chi connectivity index (χ1n) is 10.7. The summed E-state index contributed by atoms with van der Waals surface area (Å²) in [5, 5.41) is 26.5. The van der Waals surface area contributed by atoms with Crippen LogP contribution in [0, 0.1) is 0 Å². The minimum atomic E-state index is -1.18. The van der Waals surface area contributed by atoms with Crippen LogP contribution in [0.3, 0.4) is 0 Å². The molecule has 1 aromatic carbocycles. The number of para-hydroxylation sites is 1. The van der Waals surface area contributed by atoms with Crippen LogP contribution >= 0.6 is 0 Å². The zero-order chi connectivity index (χ0) is 23.4. The van der Waals surface area contributed by atoms with Crippen molar-refractivity contribution in [2.24, 2.45) is 0 Å².